The lowest BCUT2D eigenvalue weighted by Crippen LogP contribution is -2.55. The number of aromatic nitrogens is 3. The van der Waals surface area contributed by atoms with E-state index in [0.717, 1.165) is 19.4 Å². The Balaban J connectivity index is 2.31. The molecule has 1 aromatic rings. The molecule has 1 aromatic heterocycles. The number of hydrogen-bond donors (Lipinski definition) is 2. The number of Topliss-reactive ketones (excluding diaryl/α,β-unsaturated/α-hetero) is 1. The second-order valence-corrected chi connectivity index (χ2v) is 8.84. The standard InChI is InChI=1S/C20H39N5O2/c1-15(2)23-17(4)18(26)20(7,8)21-11-9-16(3)27-14-10-19(5,6)25-13-12-22-24-25/h12-13,15-17,21,23H,9-11,14H2,1-8H3. The van der Waals surface area contributed by atoms with Gasteiger partial charge in [0.2, 0.25) is 0 Å². The van der Waals surface area contributed by atoms with Gasteiger partial charge >= 0.3 is 0 Å². The van der Waals surface area contributed by atoms with Crippen LogP contribution in [0.5, 0.6) is 0 Å². The first-order valence-electron chi connectivity index (χ1n) is 9.99. The zero-order valence-corrected chi connectivity index (χ0v) is 18.4. The van der Waals surface area contributed by atoms with Crippen LogP contribution in [0.1, 0.15) is 68.2 Å². The summed E-state index contributed by atoms with van der Waals surface area (Å²) < 4.78 is 7.82. The molecule has 0 aliphatic carbocycles. The molecule has 1 rings (SSSR count). The van der Waals surface area contributed by atoms with E-state index in [1.807, 2.05) is 45.5 Å². The van der Waals surface area contributed by atoms with Crippen LogP contribution in [-0.4, -0.2) is 57.7 Å². The largest absolute Gasteiger partial charge is 0.378 e. The molecule has 2 N–H and O–H groups in total. The van der Waals surface area contributed by atoms with E-state index >= 15 is 0 Å². The van der Waals surface area contributed by atoms with Gasteiger partial charge in [-0.2, -0.15) is 0 Å². The number of hydrogen-bond acceptors (Lipinski definition) is 6. The Morgan fingerprint density at radius 2 is 1.85 bits per heavy atom. The molecule has 0 bridgehead atoms. The SMILES string of the molecule is CC(C)NC(C)C(=O)C(C)(C)NCCC(C)OCCC(C)(C)n1ccnn1. The molecule has 27 heavy (non-hydrogen) atoms. The van der Waals surface area contributed by atoms with Gasteiger partial charge in [-0.15, -0.1) is 5.10 Å². The normalized spacial score (nSPS) is 15.1. The Morgan fingerprint density at radius 1 is 1.19 bits per heavy atom. The van der Waals surface area contributed by atoms with Crippen molar-refractivity contribution in [2.24, 2.45) is 0 Å². The van der Waals surface area contributed by atoms with Crippen LogP contribution < -0.4 is 10.6 Å². The summed E-state index contributed by atoms with van der Waals surface area (Å²) in [5.41, 5.74) is -0.682. The third-order valence-electron chi connectivity index (χ3n) is 4.87. The Morgan fingerprint density at radius 3 is 2.41 bits per heavy atom. The summed E-state index contributed by atoms with van der Waals surface area (Å²) >= 11 is 0. The van der Waals surface area contributed by atoms with Gasteiger partial charge in [-0.25, -0.2) is 4.68 Å². The summed E-state index contributed by atoms with van der Waals surface area (Å²) in [6.07, 6.45) is 5.41. The highest BCUT2D eigenvalue weighted by molar-refractivity contribution is 5.91. The van der Waals surface area contributed by atoms with Gasteiger partial charge in [-0.1, -0.05) is 19.1 Å². The van der Waals surface area contributed by atoms with Crippen LogP contribution >= 0.6 is 0 Å². The summed E-state index contributed by atoms with van der Waals surface area (Å²) in [4.78, 5) is 12.6. The van der Waals surface area contributed by atoms with Crippen LogP contribution in [0.4, 0.5) is 0 Å². The van der Waals surface area contributed by atoms with Gasteiger partial charge in [0.15, 0.2) is 5.78 Å². The fraction of sp³-hybridized carbons (Fsp3) is 0.850. The van der Waals surface area contributed by atoms with Crippen LogP contribution in [0.3, 0.4) is 0 Å². The van der Waals surface area contributed by atoms with Crippen molar-refractivity contribution in [1.29, 1.82) is 0 Å². The molecule has 0 saturated heterocycles. The number of nitrogens with zero attached hydrogens (tertiary/aromatic N) is 3. The quantitative estimate of drug-likeness (QED) is 0.546. The number of carbonyl (C=O) groups is 1. The average molecular weight is 382 g/mol. The lowest BCUT2D eigenvalue weighted by molar-refractivity contribution is -0.126. The average Bonchev–Trinajstić information content (AvgIpc) is 3.08. The Kier molecular flexibility index (Phi) is 9.05. The molecule has 7 nitrogen and oxygen atoms in total. The van der Waals surface area contributed by atoms with E-state index in [2.05, 4.69) is 41.7 Å². The van der Waals surface area contributed by atoms with E-state index in [1.54, 1.807) is 6.20 Å². The van der Waals surface area contributed by atoms with E-state index < -0.39 is 5.54 Å². The highest BCUT2D eigenvalue weighted by Gasteiger charge is 2.31. The predicted octanol–water partition coefficient (Wildman–Crippen LogP) is 2.52. The van der Waals surface area contributed by atoms with E-state index in [-0.39, 0.29) is 29.5 Å². The molecular formula is C20H39N5O2. The van der Waals surface area contributed by atoms with Crippen molar-refractivity contribution in [3.05, 3.63) is 12.4 Å². The van der Waals surface area contributed by atoms with Crippen LogP contribution in [0.15, 0.2) is 12.4 Å². The van der Waals surface area contributed by atoms with Crippen LogP contribution in [0.25, 0.3) is 0 Å². The fourth-order valence-electron chi connectivity index (χ4n) is 3.03. The Labute approximate surface area is 164 Å². The maximum Gasteiger partial charge on any atom is 0.168 e. The summed E-state index contributed by atoms with van der Waals surface area (Å²) in [7, 11) is 0. The lowest BCUT2D eigenvalue weighted by Gasteiger charge is -2.30. The van der Waals surface area contributed by atoms with Gasteiger partial charge in [-0.3, -0.25) is 4.79 Å². The van der Waals surface area contributed by atoms with Gasteiger partial charge in [0.05, 0.1) is 29.4 Å². The van der Waals surface area contributed by atoms with Crippen molar-refractivity contribution in [3.8, 4) is 0 Å². The fourth-order valence-corrected chi connectivity index (χ4v) is 3.03. The molecule has 0 radical (unpaired) electrons. The summed E-state index contributed by atoms with van der Waals surface area (Å²) in [5, 5.41) is 14.6. The third-order valence-corrected chi connectivity index (χ3v) is 4.87. The van der Waals surface area contributed by atoms with Crippen LogP contribution in [0, 0.1) is 0 Å². The second kappa shape index (κ2) is 10.3. The van der Waals surface area contributed by atoms with Gasteiger partial charge in [0, 0.05) is 18.8 Å². The van der Waals surface area contributed by atoms with Crippen molar-refractivity contribution in [2.45, 2.75) is 97.5 Å². The van der Waals surface area contributed by atoms with Gasteiger partial charge in [0.25, 0.3) is 0 Å². The van der Waals surface area contributed by atoms with E-state index in [0.29, 0.717) is 6.61 Å². The van der Waals surface area contributed by atoms with E-state index in [4.69, 9.17) is 4.74 Å². The molecule has 0 aliphatic rings. The minimum atomic E-state index is -0.559. The summed E-state index contributed by atoms with van der Waals surface area (Å²) in [5.74, 6) is 0.180. The Bertz CT molecular complexity index is 555. The minimum absolute atomic E-state index is 0.123. The molecule has 0 aromatic carbocycles. The van der Waals surface area contributed by atoms with Gasteiger partial charge in [0.1, 0.15) is 0 Å². The maximum absolute atomic E-state index is 12.6. The highest BCUT2D eigenvalue weighted by atomic mass is 16.5. The highest BCUT2D eigenvalue weighted by Crippen LogP contribution is 2.18. The molecular weight excluding hydrogens is 342 g/mol. The molecule has 0 aliphatic heterocycles. The molecule has 1 heterocycles. The van der Waals surface area contributed by atoms with Crippen molar-refractivity contribution in [1.82, 2.24) is 25.6 Å². The number of ketones is 1. The molecule has 2 atom stereocenters. The zero-order valence-electron chi connectivity index (χ0n) is 18.4. The number of nitrogens with one attached hydrogen (secondary N) is 2. The Hall–Kier alpha value is -1.31. The first kappa shape index (κ1) is 23.7. The van der Waals surface area contributed by atoms with E-state index in [1.165, 1.54) is 0 Å². The zero-order chi connectivity index (χ0) is 20.7. The van der Waals surface area contributed by atoms with Crippen molar-refractivity contribution in [3.63, 3.8) is 0 Å². The van der Waals surface area contributed by atoms with Crippen molar-refractivity contribution >= 4 is 5.78 Å². The number of rotatable bonds is 13. The second-order valence-electron chi connectivity index (χ2n) is 8.84. The molecule has 7 heteroatoms. The molecule has 156 valence electrons. The lowest BCUT2D eigenvalue weighted by atomic mass is 9.93. The number of ether oxygens (including phenoxy) is 1. The van der Waals surface area contributed by atoms with Gasteiger partial charge < -0.3 is 15.4 Å². The monoisotopic (exact) mass is 381 g/mol. The minimum Gasteiger partial charge on any atom is -0.378 e. The van der Waals surface area contributed by atoms with Crippen LogP contribution in [0.2, 0.25) is 0 Å². The molecule has 2 unspecified atom stereocenters. The third kappa shape index (κ3) is 8.07. The maximum atomic E-state index is 12.6. The van der Waals surface area contributed by atoms with Gasteiger partial charge in [-0.05, 0) is 60.9 Å². The summed E-state index contributed by atoms with van der Waals surface area (Å²) in [6, 6.07) is 0.120. The molecule has 0 saturated carbocycles. The first-order chi connectivity index (χ1) is 12.5. The smallest absolute Gasteiger partial charge is 0.168 e. The summed E-state index contributed by atoms with van der Waals surface area (Å²) in [6.45, 7) is 17.6. The van der Waals surface area contributed by atoms with Crippen LogP contribution in [-0.2, 0) is 15.1 Å². The van der Waals surface area contributed by atoms with Crippen molar-refractivity contribution in [2.75, 3.05) is 13.2 Å². The topological polar surface area (TPSA) is 81.1 Å². The molecule has 0 amide bonds. The number of carbonyl (C=O) groups excluding carboxylic acids is 1. The molecule has 0 spiro atoms. The molecule has 0 fully saturated rings. The van der Waals surface area contributed by atoms with Crippen molar-refractivity contribution < 1.29 is 9.53 Å². The van der Waals surface area contributed by atoms with E-state index in [9.17, 15) is 4.79 Å². The first-order valence-corrected chi connectivity index (χ1v) is 9.99. The predicted molar refractivity (Wildman–Crippen MR) is 109 cm³/mol.